The van der Waals surface area contributed by atoms with E-state index >= 15 is 0 Å². The first-order chi connectivity index (χ1) is 8.20. The zero-order valence-electron chi connectivity index (χ0n) is 9.56. The highest BCUT2D eigenvalue weighted by Gasteiger charge is 2.44. The van der Waals surface area contributed by atoms with E-state index in [-0.39, 0.29) is 12.0 Å². The second kappa shape index (κ2) is 4.74. The molecule has 0 saturated heterocycles. The topological polar surface area (TPSA) is 76.3 Å². The van der Waals surface area contributed by atoms with Gasteiger partial charge in [-0.3, -0.25) is 0 Å². The van der Waals surface area contributed by atoms with Crippen LogP contribution in [0.4, 0.5) is 5.69 Å². The average molecular weight is 232 g/mol. The fourth-order valence-electron chi connectivity index (χ4n) is 1.80. The monoisotopic (exact) mass is 232 g/mol. The van der Waals surface area contributed by atoms with Crippen LogP contribution in [-0.4, -0.2) is 29.5 Å². The average Bonchev–Trinajstić information content (AvgIpc) is 3.17. The van der Waals surface area contributed by atoms with Crippen molar-refractivity contribution in [2.24, 2.45) is 0 Å². The van der Waals surface area contributed by atoms with Crippen LogP contribution in [0.25, 0.3) is 0 Å². The number of nitrogens with one attached hydrogen (secondary N) is 1. The summed E-state index contributed by atoms with van der Waals surface area (Å²) in [5.74, 6) is 0. The number of hydrogen-bond acceptors (Lipinski definition) is 4. The SMILES string of the molecule is N#CC1(c2ccc(NCC(O)CO)cc2)CC1. The Balaban J connectivity index is 1.97. The van der Waals surface area contributed by atoms with E-state index in [0.29, 0.717) is 6.54 Å². The van der Waals surface area contributed by atoms with Gasteiger partial charge in [-0.25, -0.2) is 0 Å². The minimum atomic E-state index is -0.747. The Bertz CT molecular complexity index is 418. The highest BCUT2D eigenvalue weighted by atomic mass is 16.3. The lowest BCUT2D eigenvalue weighted by Gasteiger charge is -2.11. The lowest BCUT2D eigenvalue weighted by atomic mass is 9.98. The molecule has 1 aliphatic carbocycles. The Labute approximate surface area is 101 Å². The normalized spacial score (nSPS) is 18.2. The van der Waals surface area contributed by atoms with E-state index in [0.717, 1.165) is 24.1 Å². The lowest BCUT2D eigenvalue weighted by molar-refractivity contribution is 0.105. The highest BCUT2D eigenvalue weighted by molar-refractivity contribution is 5.49. The van der Waals surface area contributed by atoms with Crippen molar-refractivity contribution in [3.05, 3.63) is 29.8 Å². The van der Waals surface area contributed by atoms with Gasteiger partial charge in [0.25, 0.3) is 0 Å². The van der Waals surface area contributed by atoms with Crippen LogP contribution in [-0.2, 0) is 5.41 Å². The van der Waals surface area contributed by atoms with Crippen molar-refractivity contribution < 1.29 is 10.2 Å². The van der Waals surface area contributed by atoms with Gasteiger partial charge < -0.3 is 15.5 Å². The van der Waals surface area contributed by atoms with E-state index in [1.165, 1.54) is 0 Å². The first-order valence-corrected chi connectivity index (χ1v) is 5.75. The van der Waals surface area contributed by atoms with E-state index in [1.807, 2.05) is 24.3 Å². The molecule has 4 nitrogen and oxygen atoms in total. The molecule has 1 saturated carbocycles. The third-order valence-corrected chi connectivity index (χ3v) is 3.15. The van der Waals surface area contributed by atoms with E-state index in [9.17, 15) is 5.11 Å². The summed E-state index contributed by atoms with van der Waals surface area (Å²) in [6, 6.07) is 10.0. The van der Waals surface area contributed by atoms with Gasteiger partial charge in [0.15, 0.2) is 0 Å². The molecule has 0 heterocycles. The Hall–Kier alpha value is -1.57. The molecule has 0 spiro atoms. The molecule has 1 aliphatic rings. The zero-order valence-corrected chi connectivity index (χ0v) is 9.56. The number of aliphatic hydroxyl groups is 2. The molecule has 1 fully saturated rings. The molecule has 0 aliphatic heterocycles. The number of anilines is 1. The van der Waals surface area contributed by atoms with Crippen LogP contribution in [0.3, 0.4) is 0 Å². The van der Waals surface area contributed by atoms with Crippen molar-refractivity contribution in [1.29, 1.82) is 5.26 Å². The maximum Gasteiger partial charge on any atom is 0.0942 e. The number of benzene rings is 1. The second-order valence-corrected chi connectivity index (χ2v) is 4.49. The summed E-state index contributed by atoms with van der Waals surface area (Å²) in [6.07, 6.45) is 1.14. The largest absolute Gasteiger partial charge is 0.394 e. The first kappa shape index (κ1) is 11.9. The van der Waals surface area contributed by atoms with Crippen LogP contribution in [0.1, 0.15) is 18.4 Å². The molecule has 4 heteroatoms. The van der Waals surface area contributed by atoms with Gasteiger partial charge in [-0.1, -0.05) is 12.1 Å². The molecule has 1 aromatic rings. The summed E-state index contributed by atoms with van der Waals surface area (Å²) < 4.78 is 0. The summed E-state index contributed by atoms with van der Waals surface area (Å²) in [7, 11) is 0. The van der Waals surface area contributed by atoms with E-state index in [4.69, 9.17) is 10.4 Å². The molecular weight excluding hydrogens is 216 g/mol. The van der Waals surface area contributed by atoms with Crippen molar-refractivity contribution in [2.75, 3.05) is 18.5 Å². The van der Waals surface area contributed by atoms with Crippen LogP contribution in [0.5, 0.6) is 0 Å². The smallest absolute Gasteiger partial charge is 0.0942 e. The Morgan fingerprint density at radius 2 is 2.00 bits per heavy atom. The predicted octanol–water partition coefficient (Wildman–Crippen LogP) is 1.01. The molecule has 1 unspecified atom stereocenters. The summed E-state index contributed by atoms with van der Waals surface area (Å²) in [5, 5.41) is 30.0. The van der Waals surface area contributed by atoms with Crippen molar-refractivity contribution in [1.82, 2.24) is 0 Å². The number of rotatable bonds is 5. The van der Waals surface area contributed by atoms with Gasteiger partial charge in [0.1, 0.15) is 0 Å². The lowest BCUT2D eigenvalue weighted by Crippen LogP contribution is -2.22. The van der Waals surface area contributed by atoms with Gasteiger partial charge in [-0.2, -0.15) is 5.26 Å². The Kier molecular flexibility index (Phi) is 3.32. The summed E-state index contributed by atoms with van der Waals surface area (Å²) in [4.78, 5) is 0. The standard InChI is InChI=1S/C13H16N2O2/c14-9-13(5-6-13)10-1-3-11(4-2-10)15-7-12(17)8-16/h1-4,12,15-17H,5-8H2. The Morgan fingerprint density at radius 1 is 1.35 bits per heavy atom. The number of nitriles is 1. The molecule has 1 atom stereocenters. The van der Waals surface area contributed by atoms with Crippen molar-refractivity contribution in [3.63, 3.8) is 0 Å². The van der Waals surface area contributed by atoms with Gasteiger partial charge in [0, 0.05) is 12.2 Å². The third-order valence-electron chi connectivity index (χ3n) is 3.15. The van der Waals surface area contributed by atoms with Crippen LogP contribution in [0.15, 0.2) is 24.3 Å². The van der Waals surface area contributed by atoms with Crippen molar-refractivity contribution >= 4 is 5.69 Å². The maximum atomic E-state index is 9.20. The summed E-state index contributed by atoms with van der Waals surface area (Å²) >= 11 is 0. The summed E-state index contributed by atoms with van der Waals surface area (Å²) in [5.41, 5.74) is 1.70. The Morgan fingerprint density at radius 3 is 2.47 bits per heavy atom. The fourth-order valence-corrected chi connectivity index (χ4v) is 1.80. The molecule has 1 aromatic carbocycles. The van der Waals surface area contributed by atoms with Crippen molar-refractivity contribution in [2.45, 2.75) is 24.4 Å². The van der Waals surface area contributed by atoms with Crippen molar-refractivity contribution in [3.8, 4) is 6.07 Å². The van der Waals surface area contributed by atoms with Gasteiger partial charge in [0.05, 0.1) is 24.2 Å². The second-order valence-electron chi connectivity index (χ2n) is 4.49. The number of hydrogen-bond donors (Lipinski definition) is 3. The highest BCUT2D eigenvalue weighted by Crippen LogP contribution is 2.47. The zero-order chi connectivity index (χ0) is 12.3. The minimum Gasteiger partial charge on any atom is -0.394 e. The molecular formula is C13H16N2O2. The third kappa shape index (κ3) is 2.57. The molecule has 0 amide bonds. The maximum absolute atomic E-state index is 9.20. The first-order valence-electron chi connectivity index (χ1n) is 5.75. The van der Waals surface area contributed by atoms with Gasteiger partial charge in [-0.15, -0.1) is 0 Å². The van der Waals surface area contributed by atoms with Crippen LogP contribution in [0, 0.1) is 11.3 Å². The number of aliphatic hydroxyl groups excluding tert-OH is 2. The molecule has 2 rings (SSSR count). The van der Waals surface area contributed by atoms with Gasteiger partial charge >= 0.3 is 0 Å². The van der Waals surface area contributed by atoms with E-state index in [1.54, 1.807) is 0 Å². The van der Waals surface area contributed by atoms with E-state index in [2.05, 4.69) is 11.4 Å². The molecule has 90 valence electrons. The summed E-state index contributed by atoms with van der Waals surface area (Å²) in [6.45, 7) is 0.0713. The van der Waals surface area contributed by atoms with Crippen LogP contribution >= 0.6 is 0 Å². The fraction of sp³-hybridized carbons (Fsp3) is 0.462. The van der Waals surface area contributed by atoms with E-state index < -0.39 is 6.10 Å². The molecule has 3 N–H and O–H groups in total. The number of nitrogens with zero attached hydrogens (tertiary/aromatic N) is 1. The molecule has 0 aromatic heterocycles. The molecule has 0 bridgehead atoms. The van der Waals surface area contributed by atoms with Gasteiger partial charge in [0.2, 0.25) is 0 Å². The molecule has 17 heavy (non-hydrogen) atoms. The van der Waals surface area contributed by atoms with Crippen LogP contribution in [0.2, 0.25) is 0 Å². The van der Waals surface area contributed by atoms with Gasteiger partial charge in [-0.05, 0) is 30.5 Å². The predicted molar refractivity (Wildman–Crippen MR) is 64.5 cm³/mol. The molecule has 0 radical (unpaired) electrons. The quantitative estimate of drug-likeness (QED) is 0.708. The van der Waals surface area contributed by atoms with Crippen LogP contribution < -0.4 is 5.32 Å². The minimum absolute atomic E-state index is 0.247.